The van der Waals surface area contributed by atoms with Crippen LogP contribution < -0.4 is 4.74 Å². The molecule has 2 atom stereocenters. The first-order valence-electron chi connectivity index (χ1n) is 9.18. The third-order valence-electron chi connectivity index (χ3n) is 6.36. The normalized spacial score (nSPS) is 25.7. The molecule has 154 valence electrons. The summed E-state index contributed by atoms with van der Waals surface area (Å²) in [5, 5.41) is 0.349. The van der Waals surface area contributed by atoms with Gasteiger partial charge in [0.25, 0.3) is 0 Å². The van der Waals surface area contributed by atoms with Crippen LogP contribution in [0.3, 0.4) is 0 Å². The van der Waals surface area contributed by atoms with Crippen LogP contribution in [0.4, 0.5) is 8.78 Å². The molecule has 1 heterocycles. The summed E-state index contributed by atoms with van der Waals surface area (Å²) in [5.74, 6) is -3.12. The second-order valence-corrected chi connectivity index (χ2v) is 10.7. The molecule has 4 nitrogen and oxygen atoms in total. The van der Waals surface area contributed by atoms with Crippen LogP contribution in [0.15, 0.2) is 41.3 Å². The Morgan fingerprint density at radius 2 is 1.69 bits per heavy atom. The van der Waals surface area contributed by atoms with E-state index in [0.717, 1.165) is 12.1 Å². The number of hydrogen-bond donors (Lipinski definition) is 0. The Kier molecular flexibility index (Phi) is 4.55. The van der Waals surface area contributed by atoms with E-state index >= 15 is 4.39 Å². The minimum atomic E-state index is -4.25. The zero-order valence-corrected chi connectivity index (χ0v) is 17.4. The summed E-state index contributed by atoms with van der Waals surface area (Å²) in [6.45, 7) is 3.06. The number of benzene rings is 2. The zero-order valence-electron chi connectivity index (χ0n) is 15.8. The van der Waals surface area contributed by atoms with Crippen molar-refractivity contribution in [3.05, 3.63) is 58.6 Å². The first kappa shape index (κ1) is 20.3. The molecule has 0 N–H and O–H groups in total. The Balaban J connectivity index is 2.09. The predicted molar refractivity (Wildman–Crippen MR) is 104 cm³/mol. The highest BCUT2D eigenvalue weighted by Crippen LogP contribution is 2.60. The van der Waals surface area contributed by atoms with Crippen LogP contribution in [-0.4, -0.2) is 20.8 Å². The second-order valence-electron chi connectivity index (χ2n) is 8.09. The third-order valence-corrected chi connectivity index (χ3v) is 9.15. The van der Waals surface area contributed by atoms with E-state index in [1.54, 1.807) is 13.8 Å². The number of rotatable bonds is 2. The fourth-order valence-electron chi connectivity index (χ4n) is 4.73. The van der Waals surface area contributed by atoms with Crippen molar-refractivity contribution < 1.29 is 26.7 Å². The molecule has 2 aromatic rings. The van der Waals surface area contributed by atoms with Gasteiger partial charge in [-0.2, -0.15) is 0 Å². The molecule has 1 fully saturated rings. The monoisotopic (exact) mass is 440 g/mol. The van der Waals surface area contributed by atoms with E-state index in [4.69, 9.17) is 16.3 Å². The molecule has 0 spiro atoms. The van der Waals surface area contributed by atoms with Gasteiger partial charge in [-0.1, -0.05) is 25.4 Å². The molecule has 4 rings (SSSR count). The van der Waals surface area contributed by atoms with E-state index in [-0.39, 0.29) is 35.7 Å². The lowest BCUT2D eigenvalue weighted by Gasteiger charge is -2.53. The number of halogens is 3. The fourth-order valence-corrected chi connectivity index (χ4v) is 7.34. The summed E-state index contributed by atoms with van der Waals surface area (Å²) < 4.78 is 61.3. The molecule has 2 aromatic carbocycles. The van der Waals surface area contributed by atoms with E-state index in [2.05, 4.69) is 0 Å². The Morgan fingerprint density at radius 3 is 2.34 bits per heavy atom. The van der Waals surface area contributed by atoms with Crippen LogP contribution in [0.25, 0.3) is 0 Å². The van der Waals surface area contributed by atoms with E-state index in [0.29, 0.717) is 5.02 Å². The van der Waals surface area contributed by atoms with Crippen LogP contribution in [-0.2, 0) is 19.4 Å². The number of fused-ring (bicyclic) bond motifs is 3. The van der Waals surface area contributed by atoms with Crippen LogP contribution >= 0.6 is 11.6 Å². The standard InChI is InChI=1S/C21H19ClF2O4S/c1-20(2)16-11-28-19-15(24)8-7-14(23)18(19)21(16,10-9-17(20)25)29(26,27)13-5-3-12(22)4-6-13/h3-8,16H,9-11H2,1-2H3/t16-,21-/m0/s1. The Labute approximate surface area is 172 Å². The first-order valence-corrected chi connectivity index (χ1v) is 11.0. The minimum Gasteiger partial charge on any atom is -0.490 e. The smallest absolute Gasteiger partial charge is 0.188 e. The van der Waals surface area contributed by atoms with E-state index in [1.807, 2.05) is 0 Å². The highest BCUT2D eigenvalue weighted by atomic mass is 35.5. The van der Waals surface area contributed by atoms with Crippen molar-refractivity contribution in [2.45, 2.75) is 36.3 Å². The van der Waals surface area contributed by atoms with Crippen molar-refractivity contribution in [2.75, 3.05) is 6.61 Å². The average Bonchev–Trinajstić information content (AvgIpc) is 2.67. The lowest BCUT2D eigenvalue weighted by molar-refractivity contribution is -0.136. The van der Waals surface area contributed by atoms with Gasteiger partial charge in [0.15, 0.2) is 21.4 Å². The first-order chi connectivity index (χ1) is 13.5. The maximum atomic E-state index is 15.1. The molecule has 0 amide bonds. The van der Waals surface area contributed by atoms with Crippen molar-refractivity contribution in [3.8, 4) is 5.75 Å². The van der Waals surface area contributed by atoms with Crippen molar-refractivity contribution in [3.63, 3.8) is 0 Å². The number of ether oxygens (including phenoxy) is 1. The van der Waals surface area contributed by atoms with Crippen molar-refractivity contribution in [1.82, 2.24) is 0 Å². The van der Waals surface area contributed by atoms with Gasteiger partial charge >= 0.3 is 0 Å². The summed E-state index contributed by atoms with van der Waals surface area (Å²) in [4.78, 5) is 12.6. The second kappa shape index (κ2) is 6.51. The van der Waals surface area contributed by atoms with Crippen LogP contribution in [0.2, 0.25) is 5.02 Å². The molecule has 0 aromatic heterocycles. The number of carbonyl (C=O) groups excluding carboxylic acids is 1. The van der Waals surface area contributed by atoms with Gasteiger partial charge in [0.05, 0.1) is 17.1 Å². The van der Waals surface area contributed by atoms with Gasteiger partial charge in [-0.05, 0) is 42.8 Å². The molecule has 29 heavy (non-hydrogen) atoms. The molecular formula is C21H19ClF2O4S. The lowest BCUT2D eigenvalue weighted by Crippen LogP contribution is -2.59. The number of Topliss-reactive ketones (excluding diaryl/α,β-unsaturated/α-hetero) is 1. The molecule has 8 heteroatoms. The van der Waals surface area contributed by atoms with E-state index < -0.39 is 43.3 Å². The topological polar surface area (TPSA) is 60.4 Å². The van der Waals surface area contributed by atoms with Gasteiger partial charge in [-0.3, -0.25) is 4.79 Å². The van der Waals surface area contributed by atoms with Gasteiger partial charge in [0.2, 0.25) is 0 Å². The molecule has 1 saturated carbocycles. The molecule has 0 radical (unpaired) electrons. The lowest BCUT2D eigenvalue weighted by atomic mass is 9.60. The molecule has 1 aliphatic carbocycles. The SMILES string of the molecule is CC1(C)C(=O)CC[C@@]2(S(=O)(=O)c3ccc(Cl)cc3)c3c(F)ccc(F)c3OC[C@@H]12. The average molecular weight is 441 g/mol. The van der Waals surface area contributed by atoms with E-state index in [1.165, 1.54) is 24.3 Å². The summed E-state index contributed by atoms with van der Waals surface area (Å²) in [6.07, 6.45) is -0.215. The number of ketones is 1. The predicted octanol–water partition coefficient (Wildman–Crippen LogP) is 4.69. The summed E-state index contributed by atoms with van der Waals surface area (Å²) >= 11 is 5.91. The Hall–Kier alpha value is -1.99. The van der Waals surface area contributed by atoms with Crippen molar-refractivity contribution in [2.24, 2.45) is 11.3 Å². The zero-order chi connectivity index (χ0) is 21.2. The third kappa shape index (κ3) is 2.66. The van der Waals surface area contributed by atoms with Gasteiger partial charge in [-0.25, -0.2) is 17.2 Å². The van der Waals surface area contributed by atoms with Crippen molar-refractivity contribution >= 4 is 27.2 Å². The summed E-state index contributed by atoms with van der Waals surface area (Å²) in [6, 6.07) is 7.37. The summed E-state index contributed by atoms with van der Waals surface area (Å²) in [5.41, 5.74) is -1.43. The Bertz CT molecular complexity index is 1110. The molecule has 0 unspecified atom stereocenters. The quantitative estimate of drug-likeness (QED) is 0.680. The minimum absolute atomic E-state index is 0.0615. The van der Waals surface area contributed by atoms with Gasteiger partial charge in [0, 0.05) is 22.8 Å². The molecule has 0 saturated heterocycles. The van der Waals surface area contributed by atoms with Crippen LogP contribution in [0, 0.1) is 23.0 Å². The maximum Gasteiger partial charge on any atom is 0.188 e. The molecular weight excluding hydrogens is 422 g/mol. The molecule has 0 bridgehead atoms. The van der Waals surface area contributed by atoms with Gasteiger partial charge < -0.3 is 4.74 Å². The highest BCUT2D eigenvalue weighted by Gasteiger charge is 2.65. The number of hydrogen-bond acceptors (Lipinski definition) is 4. The number of carbonyl (C=O) groups is 1. The van der Waals surface area contributed by atoms with Gasteiger partial charge in [-0.15, -0.1) is 0 Å². The Morgan fingerprint density at radius 1 is 1.07 bits per heavy atom. The number of sulfone groups is 1. The highest BCUT2D eigenvalue weighted by molar-refractivity contribution is 7.92. The van der Waals surface area contributed by atoms with Crippen LogP contribution in [0.1, 0.15) is 32.3 Å². The van der Waals surface area contributed by atoms with Crippen LogP contribution in [0.5, 0.6) is 5.75 Å². The molecule has 1 aliphatic heterocycles. The largest absolute Gasteiger partial charge is 0.490 e. The fraction of sp³-hybridized carbons (Fsp3) is 0.381. The van der Waals surface area contributed by atoms with Gasteiger partial charge in [0.1, 0.15) is 16.3 Å². The maximum absolute atomic E-state index is 15.1. The molecule has 2 aliphatic rings. The van der Waals surface area contributed by atoms with Crippen molar-refractivity contribution in [1.29, 1.82) is 0 Å². The van der Waals surface area contributed by atoms with E-state index in [9.17, 15) is 17.6 Å². The summed E-state index contributed by atoms with van der Waals surface area (Å²) in [7, 11) is -4.25.